The first-order valence-corrected chi connectivity index (χ1v) is 24.9. The highest BCUT2D eigenvalue weighted by atomic mass is 16.5. The summed E-state index contributed by atoms with van der Waals surface area (Å²) in [5.41, 5.74) is 13.2. The van der Waals surface area contributed by atoms with Gasteiger partial charge in [0.25, 0.3) is 5.56 Å². The van der Waals surface area contributed by atoms with Gasteiger partial charge in [-0.3, -0.25) is 14.4 Å². The smallest absolute Gasteiger partial charge is 0.305 e. The van der Waals surface area contributed by atoms with E-state index in [9.17, 15) is 19.5 Å². The molecule has 1 aliphatic heterocycles. The Kier molecular flexibility index (Phi) is 18.5. The lowest BCUT2D eigenvalue weighted by Gasteiger charge is -2.26. The van der Waals surface area contributed by atoms with E-state index in [4.69, 9.17) is 14.2 Å². The lowest BCUT2D eigenvalue weighted by molar-refractivity contribution is -0.138. The molecule has 0 bridgehead atoms. The predicted molar refractivity (Wildman–Crippen MR) is 280 cm³/mol. The average molecular weight is 966 g/mol. The van der Waals surface area contributed by atoms with Crippen LogP contribution in [0.25, 0.3) is 33.6 Å². The Hall–Kier alpha value is -6.45. The van der Waals surface area contributed by atoms with Crippen LogP contribution in [0.3, 0.4) is 0 Å². The minimum atomic E-state index is -1.03. The molecular formula is C57H71N7O7. The molecular weight excluding hydrogens is 895 g/mol. The predicted octanol–water partition coefficient (Wildman–Crippen LogP) is 8.85. The number of ether oxygens (including phenoxy) is 3. The van der Waals surface area contributed by atoms with Crippen LogP contribution in [0.1, 0.15) is 78.6 Å². The molecule has 0 saturated heterocycles. The summed E-state index contributed by atoms with van der Waals surface area (Å²) >= 11 is 0. The number of nitrogens with zero attached hydrogens (tertiary/aromatic N) is 6. The zero-order chi connectivity index (χ0) is 50.4. The van der Waals surface area contributed by atoms with Gasteiger partial charge in [0.1, 0.15) is 11.7 Å². The van der Waals surface area contributed by atoms with Crippen LogP contribution in [0.2, 0.25) is 0 Å². The van der Waals surface area contributed by atoms with Crippen molar-refractivity contribution in [1.29, 1.82) is 0 Å². The van der Waals surface area contributed by atoms with Crippen molar-refractivity contribution in [2.75, 3.05) is 71.7 Å². The van der Waals surface area contributed by atoms with E-state index >= 15 is 0 Å². The molecule has 14 nitrogen and oxygen atoms in total. The monoisotopic (exact) mass is 966 g/mol. The Labute approximate surface area is 418 Å². The van der Waals surface area contributed by atoms with Crippen molar-refractivity contribution in [3.63, 3.8) is 0 Å². The van der Waals surface area contributed by atoms with Gasteiger partial charge >= 0.3 is 5.97 Å². The first kappa shape index (κ1) is 52.4. The second-order valence-electron chi connectivity index (χ2n) is 19.3. The summed E-state index contributed by atoms with van der Waals surface area (Å²) < 4.78 is 21.0. The number of carboxylic acids is 1. The molecule has 2 aromatic heterocycles. The Morgan fingerprint density at radius 1 is 0.803 bits per heavy atom. The summed E-state index contributed by atoms with van der Waals surface area (Å²) in [6.45, 7) is 16.0. The number of carboxylic acid groups (broad SMARTS) is 1. The van der Waals surface area contributed by atoms with Crippen molar-refractivity contribution in [1.82, 2.24) is 29.8 Å². The lowest BCUT2D eigenvalue weighted by Crippen LogP contribution is -2.39. The summed E-state index contributed by atoms with van der Waals surface area (Å²) in [5.74, 6) is -1.11. The van der Waals surface area contributed by atoms with Gasteiger partial charge in [-0.05, 0) is 110 Å². The van der Waals surface area contributed by atoms with Crippen LogP contribution in [-0.2, 0) is 43.3 Å². The maximum atomic E-state index is 14.2. The van der Waals surface area contributed by atoms with Gasteiger partial charge < -0.3 is 39.0 Å². The number of hydrogen-bond donors (Lipinski definition) is 2. The quantitative estimate of drug-likeness (QED) is 0.0530. The molecule has 4 aromatic carbocycles. The summed E-state index contributed by atoms with van der Waals surface area (Å²) in [5, 5.41) is 22.2. The van der Waals surface area contributed by atoms with E-state index < -0.39 is 18.1 Å². The summed E-state index contributed by atoms with van der Waals surface area (Å²) in [4.78, 5) is 44.4. The number of hydrogen-bond acceptors (Lipinski definition) is 10. The van der Waals surface area contributed by atoms with Crippen molar-refractivity contribution in [2.45, 2.75) is 85.5 Å². The molecule has 0 spiro atoms. The summed E-state index contributed by atoms with van der Waals surface area (Å²) in [7, 11) is 4.13. The average Bonchev–Trinajstić information content (AvgIpc) is 3.75. The van der Waals surface area contributed by atoms with Crippen LogP contribution in [0.15, 0.2) is 108 Å². The second-order valence-corrected chi connectivity index (χ2v) is 19.3. The Balaban J connectivity index is 0.833. The van der Waals surface area contributed by atoms with Gasteiger partial charge in [-0.1, -0.05) is 97.4 Å². The Bertz CT molecular complexity index is 2780. The Morgan fingerprint density at radius 3 is 2.21 bits per heavy atom. The normalized spacial score (nSPS) is 13.1. The van der Waals surface area contributed by atoms with Gasteiger partial charge in [-0.25, -0.2) is 4.68 Å². The summed E-state index contributed by atoms with van der Waals surface area (Å²) in [6, 6.07) is 30.7. The van der Waals surface area contributed by atoms with E-state index in [1.54, 1.807) is 12.3 Å². The van der Waals surface area contributed by atoms with Gasteiger partial charge in [-0.15, -0.1) is 5.10 Å². The maximum absolute atomic E-state index is 14.2. The molecule has 2 N–H and O–H groups in total. The van der Waals surface area contributed by atoms with Crippen LogP contribution in [0.5, 0.6) is 0 Å². The minimum Gasteiger partial charge on any atom is -0.481 e. The van der Waals surface area contributed by atoms with Crippen LogP contribution in [0.4, 0.5) is 5.69 Å². The number of likely N-dealkylation sites (N-methyl/N-ethyl adjacent to an activating group) is 1. The SMILES string of the molecule is Cc1cc(C)c(-c2cccc([C@H](CC(=O)O)NC(=O)C(CCC(C)C)n3ccc(CCN(C)CCOCCOCCOCCn4nnc5c4-c4ccccc4CN(C)c4ccccc4-5)cc3=O)c2)c(C)c1. The van der Waals surface area contributed by atoms with E-state index in [0.29, 0.717) is 90.0 Å². The molecule has 376 valence electrons. The molecule has 6 aromatic rings. The van der Waals surface area contributed by atoms with Crippen molar-refractivity contribution < 1.29 is 28.9 Å². The van der Waals surface area contributed by atoms with Gasteiger partial charge in [0.2, 0.25) is 5.91 Å². The van der Waals surface area contributed by atoms with Crippen LogP contribution in [0, 0.1) is 26.7 Å². The zero-order valence-corrected chi connectivity index (χ0v) is 42.5. The number of pyridine rings is 1. The van der Waals surface area contributed by atoms with Gasteiger partial charge in [0.05, 0.1) is 64.3 Å². The topological polar surface area (TPSA) is 153 Å². The number of anilines is 1. The van der Waals surface area contributed by atoms with E-state index in [1.165, 1.54) is 15.7 Å². The number of rotatable bonds is 25. The third-order valence-electron chi connectivity index (χ3n) is 13.2. The number of aryl methyl sites for hydroxylation is 3. The van der Waals surface area contributed by atoms with Crippen molar-refractivity contribution in [3.05, 3.63) is 147 Å². The second kappa shape index (κ2) is 25.1. The molecule has 0 aliphatic carbocycles. The van der Waals surface area contributed by atoms with Crippen LogP contribution >= 0.6 is 0 Å². The molecule has 1 aliphatic rings. The van der Waals surface area contributed by atoms with E-state index in [1.807, 2.05) is 48.1 Å². The molecule has 2 atom stereocenters. The standard InChI is InChI=1S/C57H71N7O7/c1-39(2)19-20-51(57(68)58-49(37-53(66)67)44-14-12-15-45(36-44)54-41(4)33-40(3)34-42(54)5)63-24-22-43(35-52(63)65)21-23-61(6)25-27-69-29-31-71-32-30-70-28-26-64-56-47-16-9-8-13-46(47)38-62(7)50-18-11-10-17-48(50)55(56)59-60-64/h8-18,22,24,33-36,39,49,51H,19-21,23,25-32,37-38H2,1-7H3,(H,58,68)(H,66,67)/t49-,51?/m0/s1. The summed E-state index contributed by atoms with van der Waals surface area (Å²) in [6.07, 6.45) is 3.20. The largest absolute Gasteiger partial charge is 0.481 e. The number of carbonyl (C=O) groups is 2. The maximum Gasteiger partial charge on any atom is 0.305 e. The number of nitrogens with one attached hydrogen (secondary N) is 1. The number of para-hydroxylation sites is 1. The molecule has 3 heterocycles. The number of aromatic nitrogens is 4. The number of amides is 1. The molecule has 0 saturated carbocycles. The van der Waals surface area contributed by atoms with Crippen LogP contribution in [-0.4, -0.2) is 108 Å². The van der Waals surface area contributed by atoms with Crippen LogP contribution < -0.4 is 15.8 Å². The first-order chi connectivity index (χ1) is 34.3. The van der Waals surface area contributed by atoms with Gasteiger partial charge in [-0.2, -0.15) is 0 Å². The minimum absolute atomic E-state index is 0.268. The van der Waals surface area contributed by atoms with E-state index in [2.05, 4.69) is 122 Å². The Morgan fingerprint density at radius 2 is 1.49 bits per heavy atom. The highest BCUT2D eigenvalue weighted by Gasteiger charge is 2.28. The molecule has 71 heavy (non-hydrogen) atoms. The third-order valence-corrected chi connectivity index (χ3v) is 13.2. The molecule has 7 rings (SSSR count). The van der Waals surface area contributed by atoms with Crippen molar-refractivity contribution in [2.24, 2.45) is 5.92 Å². The third kappa shape index (κ3) is 13.9. The molecule has 1 unspecified atom stereocenters. The number of fused-ring (bicyclic) bond motifs is 5. The molecule has 0 fully saturated rings. The van der Waals surface area contributed by atoms with Crippen molar-refractivity contribution in [3.8, 4) is 33.6 Å². The van der Waals surface area contributed by atoms with Gasteiger partial charge in [0, 0.05) is 55.8 Å². The van der Waals surface area contributed by atoms with Crippen molar-refractivity contribution >= 4 is 17.6 Å². The van der Waals surface area contributed by atoms with E-state index in [0.717, 1.165) is 62.6 Å². The highest BCUT2D eigenvalue weighted by molar-refractivity contribution is 5.88. The molecule has 1 amide bonds. The fraction of sp³-hybridized carbons (Fsp3) is 0.421. The number of carbonyl (C=O) groups excluding carboxylic acids is 1. The van der Waals surface area contributed by atoms with Gasteiger partial charge in [0.15, 0.2) is 0 Å². The zero-order valence-electron chi connectivity index (χ0n) is 42.5. The molecule has 0 radical (unpaired) electrons. The first-order valence-electron chi connectivity index (χ1n) is 24.9. The number of aliphatic carboxylic acids is 1. The fourth-order valence-corrected chi connectivity index (χ4v) is 9.57. The van der Waals surface area contributed by atoms with E-state index in [-0.39, 0.29) is 17.9 Å². The number of benzene rings is 4. The highest BCUT2D eigenvalue weighted by Crippen LogP contribution is 2.40. The lowest BCUT2D eigenvalue weighted by atomic mass is 9.91. The molecule has 14 heteroatoms. The fourth-order valence-electron chi connectivity index (χ4n) is 9.57.